The summed E-state index contributed by atoms with van der Waals surface area (Å²) in [6, 6.07) is 3.88. The van der Waals surface area contributed by atoms with Crippen molar-refractivity contribution in [2.45, 2.75) is 26.4 Å². The molecule has 0 heterocycles. The second kappa shape index (κ2) is 5.42. The highest BCUT2D eigenvalue weighted by Gasteiger charge is 2.26. The Hall–Kier alpha value is -1.21. The second-order valence-corrected chi connectivity index (χ2v) is 4.81. The van der Waals surface area contributed by atoms with Crippen LogP contribution in [0, 0.1) is 20.8 Å². The van der Waals surface area contributed by atoms with Gasteiger partial charge in [-0.25, -0.2) is 0 Å². The number of hydrogen-bond acceptors (Lipinski definition) is 3. The summed E-state index contributed by atoms with van der Waals surface area (Å²) in [4.78, 5) is 23.5. The number of aryl methyl sites for hydroxylation is 3. The van der Waals surface area contributed by atoms with E-state index in [0.717, 1.165) is 16.7 Å². The van der Waals surface area contributed by atoms with Gasteiger partial charge in [0.2, 0.25) is 0 Å². The maximum atomic E-state index is 12.2. The summed E-state index contributed by atoms with van der Waals surface area (Å²) in [5.74, 6) is -0.740. The Morgan fingerprint density at radius 2 is 1.65 bits per heavy atom. The first-order valence-electron chi connectivity index (χ1n) is 5.34. The highest BCUT2D eigenvalue weighted by atomic mass is 31.0. The van der Waals surface area contributed by atoms with E-state index in [2.05, 4.69) is 14.0 Å². The van der Waals surface area contributed by atoms with Crippen LogP contribution in [0.2, 0.25) is 0 Å². The van der Waals surface area contributed by atoms with E-state index >= 15 is 0 Å². The monoisotopic (exact) mass is 252 g/mol. The van der Waals surface area contributed by atoms with Crippen LogP contribution in [0.1, 0.15) is 27.0 Å². The van der Waals surface area contributed by atoms with Crippen LogP contribution in [0.3, 0.4) is 0 Å². The molecule has 0 aromatic heterocycles. The molecule has 92 valence electrons. The van der Waals surface area contributed by atoms with E-state index in [1.165, 1.54) is 7.11 Å². The second-order valence-electron chi connectivity index (χ2n) is 4.14. The largest absolute Gasteiger partial charge is 0.468 e. The number of methoxy groups -OCH3 is 1. The number of ketones is 1. The van der Waals surface area contributed by atoms with Crippen molar-refractivity contribution in [3.05, 3.63) is 34.4 Å². The highest BCUT2D eigenvalue weighted by Crippen LogP contribution is 2.21. The third-order valence-electron chi connectivity index (χ3n) is 2.66. The Balaban J connectivity index is 3.17. The minimum absolute atomic E-state index is 0.211. The Kier molecular flexibility index (Phi) is 4.41. The molecule has 0 aliphatic carbocycles. The molecule has 4 heteroatoms. The van der Waals surface area contributed by atoms with E-state index in [4.69, 9.17) is 0 Å². The lowest BCUT2D eigenvalue weighted by Gasteiger charge is -2.13. The molecule has 0 N–H and O–H groups in total. The average Bonchev–Trinajstić information content (AvgIpc) is 2.25. The van der Waals surface area contributed by atoms with Crippen molar-refractivity contribution in [2.24, 2.45) is 0 Å². The van der Waals surface area contributed by atoms with E-state index in [1.807, 2.05) is 32.9 Å². The fourth-order valence-corrected chi connectivity index (χ4v) is 2.26. The van der Waals surface area contributed by atoms with Crippen molar-refractivity contribution in [2.75, 3.05) is 7.11 Å². The molecule has 0 radical (unpaired) electrons. The fourth-order valence-electron chi connectivity index (χ4n) is 1.96. The van der Waals surface area contributed by atoms with Gasteiger partial charge in [-0.2, -0.15) is 0 Å². The van der Waals surface area contributed by atoms with Gasteiger partial charge in [0.05, 0.1) is 7.11 Å². The molecular formula is C13H17O3P. The fraction of sp³-hybridized carbons (Fsp3) is 0.385. The van der Waals surface area contributed by atoms with Crippen molar-refractivity contribution < 1.29 is 14.3 Å². The van der Waals surface area contributed by atoms with Crippen LogP contribution in [0.15, 0.2) is 12.1 Å². The molecule has 0 aliphatic rings. The SMILES string of the molecule is COC(=O)C(P)C(=O)c1c(C)cc(C)cc1C. The lowest BCUT2D eigenvalue weighted by molar-refractivity contribution is -0.139. The van der Waals surface area contributed by atoms with Crippen molar-refractivity contribution in [1.29, 1.82) is 0 Å². The predicted octanol–water partition coefficient (Wildman–Crippen LogP) is 2.21. The standard InChI is InChI=1S/C13H17O3P/c1-7-5-8(2)10(9(3)6-7)11(14)12(17)13(15)16-4/h5-6,12H,17H2,1-4H3. The van der Waals surface area contributed by atoms with Crippen molar-refractivity contribution in [3.63, 3.8) is 0 Å². The van der Waals surface area contributed by atoms with E-state index in [1.54, 1.807) is 0 Å². The maximum absolute atomic E-state index is 12.2. The van der Waals surface area contributed by atoms with Gasteiger partial charge in [-0.1, -0.05) is 17.7 Å². The summed E-state index contributed by atoms with van der Waals surface area (Å²) >= 11 is 0. The molecule has 0 saturated heterocycles. The Bertz CT molecular complexity index is 443. The zero-order valence-corrected chi connectivity index (χ0v) is 11.7. The van der Waals surface area contributed by atoms with Crippen LogP contribution in [0.5, 0.6) is 0 Å². The molecule has 2 unspecified atom stereocenters. The van der Waals surface area contributed by atoms with E-state index in [0.29, 0.717) is 5.56 Å². The lowest BCUT2D eigenvalue weighted by Crippen LogP contribution is -2.26. The quantitative estimate of drug-likeness (QED) is 0.358. The maximum Gasteiger partial charge on any atom is 0.320 e. The first-order chi connectivity index (χ1) is 7.88. The number of carbonyl (C=O) groups is 2. The number of rotatable bonds is 3. The lowest BCUT2D eigenvalue weighted by atomic mass is 9.95. The number of Topliss-reactive ketones (excluding diaryl/α,β-unsaturated/α-hetero) is 1. The van der Waals surface area contributed by atoms with Crippen LogP contribution in [-0.2, 0) is 9.53 Å². The summed E-state index contributed by atoms with van der Waals surface area (Å²) in [6.45, 7) is 5.73. The van der Waals surface area contributed by atoms with Crippen molar-refractivity contribution in [1.82, 2.24) is 0 Å². The number of ether oxygens (including phenoxy) is 1. The summed E-state index contributed by atoms with van der Waals surface area (Å²) < 4.78 is 4.58. The van der Waals surface area contributed by atoms with Crippen LogP contribution in [0.4, 0.5) is 0 Å². The molecule has 1 aromatic rings. The number of hydrogen-bond donors (Lipinski definition) is 0. The predicted molar refractivity (Wildman–Crippen MR) is 70.5 cm³/mol. The van der Waals surface area contributed by atoms with Gasteiger partial charge in [0.25, 0.3) is 0 Å². The minimum atomic E-state index is -0.833. The van der Waals surface area contributed by atoms with Crippen LogP contribution in [-0.4, -0.2) is 24.5 Å². The van der Waals surface area contributed by atoms with Gasteiger partial charge in [0, 0.05) is 5.56 Å². The van der Waals surface area contributed by atoms with E-state index in [-0.39, 0.29) is 5.78 Å². The van der Waals surface area contributed by atoms with Gasteiger partial charge < -0.3 is 4.74 Å². The number of esters is 1. The Morgan fingerprint density at radius 3 is 2.06 bits per heavy atom. The molecule has 0 bridgehead atoms. The van der Waals surface area contributed by atoms with Crippen LogP contribution < -0.4 is 0 Å². The molecule has 3 nitrogen and oxygen atoms in total. The highest BCUT2D eigenvalue weighted by molar-refractivity contribution is 7.21. The number of carbonyl (C=O) groups excluding carboxylic acids is 2. The van der Waals surface area contributed by atoms with Gasteiger partial charge in [0.15, 0.2) is 5.78 Å². The molecule has 1 aromatic carbocycles. The van der Waals surface area contributed by atoms with Crippen LogP contribution in [0.25, 0.3) is 0 Å². The van der Waals surface area contributed by atoms with Gasteiger partial charge >= 0.3 is 5.97 Å². The molecular weight excluding hydrogens is 235 g/mol. The topological polar surface area (TPSA) is 43.4 Å². The summed E-state index contributed by atoms with van der Waals surface area (Å²) in [7, 11) is 3.52. The van der Waals surface area contributed by atoms with Crippen molar-refractivity contribution >= 4 is 21.0 Å². The first kappa shape index (κ1) is 13.9. The molecule has 0 saturated carbocycles. The third-order valence-corrected chi connectivity index (χ3v) is 3.24. The molecule has 0 aliphatic heterocycles. The average molecular weight is 252 g/mol. The molecule has 0 amide bonds. The molecule has 17 heavy (non-hydrogen) atoms. The zero-order valence-electron chi connectivity index (χ0n) is 10.5. The molecule has 0 spiro atoms. The van der Waals surface area contributed by atoms with Gasteiger partial charge in [0.1, 0.15) is 5.66 Å². The van der Waals surface area contributed by atoms with Crippen LogP contribution >= 0.6 is 9.24 Å². The third kappa shape index (κ3) is 2.92. The Labute approximate surface area is 104 Å². The molecule has 2 atom stereocenters. The minimum Gasteiger partial charge on any atom is -0.468 e. The first-order valence-corrected chi connectivity index (χ1v) is 6.00. The van der Waals surface area contributed by atoms with E-state index in [9.17, 15) is 9.59 Å². The smallest absolute Gasteiger partial charge is 0.320 e. The number of benzene rings is 1. The molecule has 0 fully saturated rings. The van der Waals surface area contributed by atoms with Crippen molar-refractivity contribution in [3.8, 4) is 0 Å². The molecule has 1 rings (SSSR count). The summed E-state index contributed by atoms with van der Waals surface area (Å²) in [5.41, 5.74) is 2.67. The van der Waals surface area contributed by atoms with Gasteiger partial charge in [-0.15, -0.1) is 9.24 Å². The van der Waals surface area contributed by atoms with E-state index < -0.39 is 11.6 Å². The normalized spacial score (nSPS) is 12.1. The summed E-state index contributed by atoms with van der Waals surface area (Å²) in [5, 5.41) is 0. The van der Waals surface area contributed by atoms with Gasteiger partial charge in [-0.05, 0) is 31.9 Å². The zero-order chi connectivity index (χ0) is 13.2. The Morgan fingerprint density at radius 1 is 1.18 bits per heavy atom. The van der Waals surface area contributed by atoms with Gasteiger partial charge in [-0.3, -0.25) is 9.59 Å². The summed E-state index contributed by atoms with van der Waals surface area (Å²) in [6.07, 6.45) is 0.